The van der Waals surface area contributed by atoms with Crippen LogP contribution in [-0.4, -0.2) is 56.2 Å². The van der Waals surface area contributed by atoms with Gasteiger partial charge in [-0.05, 0) is 68.6 Å². The van der Waals surface area contributed by atoms with Gasteiger partial charge >= 0.3 is 15.5 Å². The van der Waals surface area contributed by atoms with Gasteiger partial charge in [0.25, 0.3) is 0 Å². The number of halogens is 7. The van der Waals surface area contributed by atoms with Gasteiger partial charge in [-0.25, -0.2) is 17.2 Å². The van der Waals surface area contributed by atoms with Crippen molar-refractivity contribution in [2.24, 2.45) is 11.8 Å². The van der Waals surface area contributed by atoms with Crippen LogP contribution in [0.15, 0.2) is 36.4 Å². The minimum atomic E-state index is -5.48. The Kier molecular flexibility index (Phi) is 11.3. The standard InChI is InChI=1S/C13H13ClF4N2O3S.C12H14ClFN2O/c14-10-4-3-9(6-11(10)15)19-12(21)8-2-1-5-20(7-8)24(22,23)13(16,17)18;13-10-4-3-9(6-11(10)14)16-12(17)8-2-1-5-15-7-8/h3-4,6,8H,1-2,5,7H2,(H,19,21);3-4,6,8,15H,1-2,5,7H2,(H,16,17)/t2*8-/m00/s1. The van der Waals surface area contributed by atoms with E-state index in [4.69, 9.17) is 23.2 Å². The van der Waals surface area contributed by atoms with Crippen molar-refractivity contribution in [3.8, 4) is 0 Å². The van der Waals surface area contributed by atoms with E-state index in [0.717, 1.165) is 25.5 Å². The molecule has 41 heavy (non-hydrogen) atoms. The first-order chi connectivity index (χ1) is 19.2. The maximum Gasteiger partial charge on any atom is 0.511 e. The predicted octanol–water partition coefficient (Wildman–Crippen LogP) is 5.40. The second-order valence-electron chi connectivity index (χ2n) is 9.43. The average Bonchev–Trinajstić information content (AvgIpc) is 2.93. The zero-order valence-electron chi connectivity index (χ0n) is 21.4. The molecule has 2 aliphatic rings. The smallest absolute Gasteiger partial charge is 0.326 e. The van der Waals surface area contributed by atoms with Gasteiger partial charge in [-0.2, -0.15) is 17.5 Å². The lowest BCUT2D eigenvalue weighted by Gasteiger charge is -2.31. The van der Waals surface area contributed by atoms with E-state index in [2.05, 4.69) is 16.0 Å². The number of piperidine rings is 2. The molecule has 0 unspecified atom stereocenters. The highest BCUT2D eigenvalue weighted by Crippen LogP contribution is 2.31. The Balaban J connectivity index is 0.000000239. The van der Waals surface area contributed by atoms with Crippen molar-refractivity contribution in [1.29, 1.82) is 0 Å². The van der Waals surface area contributed by atoms with Gasteiger partial charge in [0.15, 0.2) is 0 Å². The summed E-state index contributed by atoms with van der Waals surface area (Å²) in [5.74, 6) is -3.04. The van der Waals surface area contributed by atoms with Crippen molar-refractivity contribution in [1.82, 2.24) is 9.62 Å². The number of rotatable bonds is 5. The van der Waals surface area contributed by atoms with Crippen LogP contribution in [0, 0.1) is 23.5 Å². The van der Waals surface area contributed by atoms with Crippen molar-refractivity contribution in [3.63, 3.8) is 0 Å². The van der Waals surface area contributed by atoms with Crippen LogP contribution >= 0.6 is 23.2 Å². The van der Waals surface area contributed by atoms with Crippen molar-refractivity contribution in [2.45, 2.75) is 31.2 Å². The Morgan fingerprint density at radius 2 is 1.39 bits per heavy atom. The summed E-state index contributed by atoms with van der Waals surface area (Å²) in [4.78, 5) is 24.0. The maximum absolute atomic E-state index is 13.3. The summed E-state index contributed by atoms with van der Waals surface area (Å²) in [6, 6.07) is 7.78. The van der Waals surface area contributed by atoms with Crippen LogP contribution in [0.2, 0.25) is 10.0 Å². The zero-order chi connectivity index (χ0) is 30.4. The second-order valence-corrected chi connectivity index (χ2v) is 12.2. The lowest BCUT2D eigenvalue weighted by atomic mass is 9.99. The molecule has 2 amide bonds. The zero-order valence-corrected chi connectivity index (χ0v) is 23.7. The Bertz CT molecular complexity index is 1360. The van der Waals surface area contributed by atoms with E-state index in [-0.39, 0.29) is 51.2 Å². The number of hydrogen-bond acceptors (Lipinski definition) is 5. The molecule has 4 rings (SSSR count). The first-order valence-corrected chi connectivity index (χ1v) is 14.7. The molecular weight excluding hydrogens is 618 g/mol. The van der Waals surface area contributed by atoms with Gasteiger partial charge in [0.2, 0.25) is 11.8 Å². The van der Waals surface area contributed by atoms with Gasteiger partial charge in [0.1, 0.15) is 11.6 Å². The summed E-state index contributed by atoms with van der Waals surface area (Å²) in [6.07, 6.45) is 2.20. The topological polar surface area (TPSA) is 108 Å². The molecule has 2 fully saturated rings. The molecule has 2 aliphatic heterocycles. The van der Waals surface area contributed by atoms with Crippen molar-refractivity contribution in [3.05, 3.63) is 58.1 Å². The number of sulfonamides is 1. The lowest BCUT2D eigenvalue weighted by molar-refractivity contribution is -0.121. The fourth-order valence-corrected chi connectivity index (χ4v) is 5.51. The van der Waals surface area contributed by atoms with Gasteiger partial charge in [0, 0.05) is 31.0 Å². The summed E-state index contributed by atoms with van der Waals surface area (Å²) >= 11 is 11.1. The van der Waals surface area contributed by atoms with Crippen molar-refractivity contribution < 1.29 is 40.0 Å². The minimum absolute atomic E-state index is 0.0394. The average molecular weight is 645 g/mol. The highest BCUT2D eigenvalue weighted by molar-refractivity contribution is 7.90. The van der Waals surface area contributed by atoms with Crippen LogP contribution in [0.4, 0.5) is 33.3 Å². The molecule has 2 heterocycles. The molecule has 2 aromatic rings. The number of carbonyl (C=O) groups excluding carboxylic acids is 2. The molecule has 226 valence electrons. The summed E-state index contributed by atoms with van der Waals surface area (Å²) in [7, 11) is -5.48. The van der Waals surface area contributed by atoms with Gasteiger partial charge in [-0.1, -0.05) is 23.2 Å². The third-order valence-corrected chi connectivity index (χ3v) is 8.64. The van der Waals surface area contributed by atoms with Crippen LogP contribution < -0.4 is 16.0 Å². The summed E-state index contributed by atoms with van der Waals surface area (Å²) in [6.45, 7) is 0.756. The molecule has 16 heteroatoms. The lowest BCUT2D eigenvalue weighted by Crippen LogP contribution is -2.48. The first-order valence-electron chi connectivity index (χ1n) is 12.5. The fourth-order valence-electron chi connectivity index (χ4n) is 4.23. The van der Waals surface area contributed by atoms with E-state index in [0.29, 0.717) is 12.2 Å². The quantitative estimate of drug-likeness (QED) is 0.378. The number of nitrogens with one attached hydrogen (secondary N) is 3. The van der Waals surface area contributed by atoms with Crippen LogP contribution in [0.3, 0.4) is 0 Å². The number of nitrogens with zero attached hydrogens (tertiary/aromatic N) is 1. The number of anilines is 2. The predicted molar refractivity (Wildman–Crippen MR) is 145 cm³/mol. The SMILES string of the molecule is O=C(Nc1ccc(Cl)c(F)c1)[C@H]1CCCN(S(=O)(=O)C(F)(F)F)C1.O=C(Nc1ccc(Cl)c(F)c1)[C@H]1CCCNC1. The second kappa shape index (κ2) is 14.1. The monoisotopic (exact) mass is 644 g/mol. The molecule has 0 spiro atoms. The number of hydrogen-bond donors (Lipinski definition) is 3. The Morgan fingerprint density at radius 3 is 1.85 bits per heavy atom. The molecule has 2 aromatic carbocycles. The number of benzene rings is 2. The van der Waals surface area contributed by atoms with Crippen molar-refractivity contribution in [2.75, 3.05) is 36.8 Å². The molecule has 0 aliphatic carbocycles. The van der Waals surface area contributed by atoms with Gasteiger partial charge in [0.05, 0.1) is 21.9 Å². The Hall–Kier alpha value is -2.52. The molecule has 2 saturated heterocycles. The minimum Gasteiger partial charge on any atom is -0.326 e. The molecule has 0 saturated carbocycles. The highest BCUT2D eigenvalue weighted by atomic mass is 35.5. The van der Waals surface area contributed by atoms with Crippen molar-refractivity contribution >= 4 is 56.4 Å². The van der Waals surface area contributed by atoms with E-state index < -0.39 is 45.5 Å². The third-order valence-electron chi connectivity index (χ3n) is 6.43. The largest absolute Gasteiger partial charge is 0.511 e. The molecule has 0 aromatic heterocycles. The van der Waals surface area contributed by atoms with E-state index in [1.165, 1.54) is 24.3 Å². The number of amides is 2. The Labute approximate surface area is 243 Å². The van der Waals surface area contributed by atoms with E-state index >= 15 is 0 Å². The van der Waals surface area contributed by atoms with E-state index in [1.54, 1.807) is 6.07 Å². The van der Waals surface area contributed by atoms with Crippen LogP contribution in [0.5, 0.6) is 0 Å². The summed E-state index contributed by atoms with van der Waals surface area (Å²) in [5, 5.41) is 8.13. The Morgan fingerprint density at radius 1 is 0.878 bits per heavy atom. The molecule has 8 nitrogen and oxygen atoms in total. The number of alkyl halides is 3. The molecular formula is C25H27Cl2F5N4O4S. The third kappa shape index (κ3) is 8.98. The maximum atomic E-state index is 13.3. The molecule has 0 radical (unpaired) electrons. The van der Waals surface area contributed by atoms with Crippen LogP contribution in [-0.2, 0) is 19.6 Å². The normalized spacial score (nSPS) is 20.0. The van der Waals surface area contributed by atoms with Crippen LogP contribution in [0.1, 0.15) is 25.7 Å². The molecule has 2 atom stereocenters. The molecule has 3 N–H and O–H groups in total. The van der Waals surface area contributed by atoms with Crippen LogP contribution in [0.25, 0.3) is 0 Å². The summed E-state index contributed by atoms with van der Waals surface area (Å²) < 4.78 is 87.4. The molecule has 0 bridgehead atoms. The van der Waals surface area contributed by atoms with E-state index in [9.17, 15) is 40.0 Å². The first kappa shape index (κ1) is 33.0. The number of carbonyl (C=O) groups is 2. The van der Waals surface area contributed by atoms with E-state index in [1.807, 2.05) is 0 Å². The summed E-state index contributed by atoms with van der Waals surface area (Å²) in [5.41, 5.74) is -4.88. The van der Waals surface area contributed by atoms with Gasteiger partial charge < -0.3 is 16.0 Å². The van der Waals surface area contributed by atoms with Gasteiger partial charge in [-0.15, -0.1) is 0 Å². The fraction of sp³-hybridized carbons (Fsp3) is 0.440. The van der Waals surface area contributed by atoms with Gasteiger partial charge in [-0.3, -0.25) is 9.59 Å². The highest BCUT2D eigenvalue weighted by Gasteiger charge is 2.51.